The average Bonchev–Trinajstić information content (AvgIpc) is 2.14. The Morgan fingerprint density at radius 3 is 2.50 bits per heavy atom. The minimum Gasteiger partial charge on any atom is -0.494 e. The molecule has 0 radical (unpaired) electrons. The number of hydrogen-bond donors (Lipinski definition) is 1. The quantitative estimate of drug-likeness (QED) is 0.914. The first-order valence-corrected chi connectivity index (χ1v) is 6.16. The third-order valence-corrected chi connectivity index (χ3v) is 3.72. The molecule has 0 amide bonds. The van der Waals surface area contributed by atoms with Gasteiger partial charge in [-0.25, -0.2) is 22.3 Å². The number of ether oxygens (including phenoxy) is 1. The lowest BCUT2D eigenvalue weighted by atomic mass is 10.3. The van der Waals surface area contributed by atoms with E-state index in [2.05, 4.69) is 20.9 Å². The van der Waals surface area contributed by atoms with Gasteiger partial charge in [-0.3, -0.25) is 4.98 Å². The summed E-state index contributed by atoms with van der Waals surface area (Å²) >= 11 is 2.73. The van der Waals surface area contributed by atoms with Gasteiger partial charge < -0.3 is 4.74 Å². The molecule has 0 saturated heterocycles. The monoisotopic (exact) mass is 316 g/mol. The molecule has 1 heterocycles. The van der Waals surface area contributed by atoms with Gasteiger partial charge in [0.15, 0.2) is 5.75 Å². The predicted octanol–water partition coefficient (Wildman–Crippen LogP) is 1.44. The molecule has 0 unspecified atom stereocenters. The van der Waals surface area contributed by atoms with E-state index in [-0.39, 0.29) is 10.2 Å². The molecule has 9 heteroatoms. The first-order valence-electron chi connectivity index (χ1n) is 3.82. The van der Waals surface area contributed by atoms with Crippen molar-refractivity contribution in [1.29, 1.82) is 0 Å². The van der Waals surface area contributed by atoms with Crippen LogP contribution >= 0.6 is 15.9 Å². The molecule has 0 aliphatic heterocycles. The molecule has 2 N–H and O–H groups in total. The maximum Gasteiger partial charge on any atom is 0.281 e. The standard InChI is InChI=1S/C7H7BrF2N2O3S/c1-15-3-2-12-5(7(9)10)4(8)6(3)16(11,13)14/h2,7H,1H3,(H2,11,13,14). The Hall–Kier alpha value is -0.800. The van der Waals surface area contributed by atoms with Crippen molar-refractivity contribution in [3.8, 4) is 5.75 Å². The van der Waals surface area contributed by atoms with Gasteiger partial charge in [0, 0.05) is 0 Å². The van der Waals surface area contributed by atoms with Crippen LogP contribution in [0.15, 0.2) is 15.6 Å². The zero-order valence-electron chi connectivity index (χ0n) is 7.95. The van der Waals surface area contributed by atoms with Crippen molar-refractivity contribution in [2.75, 3.05) is 7.11 Å². The number of sulfonamides is 1. The van der Waals surface area contributed by atoms with Gasteiger partial charge in [0.25, 0.3) is 6.43 Å². The number of primary sulfonamides is 1. The second-order valence-electron chi connectivity index (χ2n) is 2.70. The lowest BCUT2D eigenvalue weighted by molar-refractivity contribution is 0.144. The lowest BCUT2D eigenvalue weighted by Gasteiger charge is -2.10. The number of nitrogens with two attached hydrogens (primary N) is 1. The van der Waals surface area contributed by atoms with Crippen molar-refractivity contribution in [3.63, 3.8) is 0 Å². The molecular weight excluding hydrogens is 310 g/mol. The number of pyridine rings is 1. The maximum atomic E-state index is 12.5. The third kappa shape index (κ3) is 2.47. The van der Waals surface area contributed by atoms with Crippen LogP contribution < -0.4 is 9.88 Å². The highest BCUT2D eigenvalue weighted by Gasteiger charge is 2.26. The molecule has 90 valence electrons. The summed E-state index contributed by atoms with van der Waals surface area (Å²) < 4.78 is 51.6. The van der Waals surface area contributed by atoms with Crippen molar-refractivity contribution in [3.05, 3.63) is 16.4 Å². The summed E-state index contributed by atoms with van der Waals surface area (Å²) in [4.78, 5) is 2.84. The minimum atomic E-state index is -4.18. The molecule has 0 aromatic carbocycles. The molecule has 0 bridgehead atoms. The molecule has 5 nitrogen and oxygen atoms in total. The summed E-state index contributed by atoms with van der Waals surface area (Å²) in [6, 6.07) is 0. The van der Waals surface area contributed by atoms with Crippen molar-refractivity contribution in [2.45, 2.75) is 11.3 Å². The largest absolute Gasteiger partial charge is 0.494 e. The smallest absolute Gasteiger partial charge is 0.281 e. The van der Waals surface area contributed by atoms with Crippen molar-refractivity contribution in [2.24, 2.45) is 5.14 Å². The van der Waals surface area contributed by atoms with E-state index in [4.69, 9.17) is 9.88 Å². The van der Waals surface area contributed by atoms with Crippen LogP contribution in [0.1, 0.15) is 12.1 Å². The fraction of sp³-hybridized carbons (Fsp3) is 0.286. The summed E-state index contributed by atoms with van der Waals surface area (Å²) in [5, 5.41) is 4.89. The summed E-state index contributed by atoms with van der Waals surface area (Å²) in [5.74, 6) is -0.196. The molecule has 0 aliphatic rings. The molecule has 0 fully saturated rings. The van der Waals surface area contributed by atoms with Crippen molar-refractivity contribution >= 4 is 26.0 Å². The Morgan fingerprint density at radius 2 is 2.12 bits per heavy atom. The number of rotatable bonds is 3. The fourth-order valence-electron chi connectivity index (χ4n) is 1.03. The Balaban J connectivity index is 3.60. The van der Waals surface area contributed by atoms with Crippen LogP contribution in [-0.4, -0.2) is 20.5 Å². The molecular formula is C7H7BrF2N2O3S. The van der Waals surface area contributed by atoms with Gasteiger partial charge in [-0.05, 0) is 15.9 Å². The van der Waals surface area contributed by atoms with E-state index in [1.807, 2.05) is 0 Å². The molecule has 0 atom stereocenters. The molecule has 1 aromatic rings. The summed E-state index contributed by atoms with van der Waals surface area (Å²) in [5.41, 5.74) is -0.704. The van der Waals surface area contributed by atoms with E-state index >= 15 is 0 Å². The Bertz CT molecular complexity index is 507. The topological polar surface area (TPSA) is 82.3 Å². The van der Waals surface area contributed by atoms with E-state index in [1.165, 1.54) is 7.11 Å². The second-order valence-corrected chi connectivity index (χ2v) is 4.99. The number of nitrogens with zero attached hydrogens (tertiary/aromatic N) is 1. The lowest BCUT2D eigenvalue weighted by Crippen LogP contribution is -2.15. The zero-order chi connectivity index (χ0) is 12.5. The van der Waals surface area contributed by atoms with Gasteiger partial charge in [-0.2, -0.15) is 0 Å². The molecule has 1 aromatic heterocycles. The SMILES string of the molecule is COc1cnc(C(F)F)c(Br)c1S(N)(=O)=O. The molecule has 16 heavy (non-hydrogen) atoms. The van der Waals surface area contributed by atoms with Crippen molar-refractivity contribution in [1.82, 2.24) is 4.98 Å². The van der Waals surface area contributed by atoms with Crippen molar-refractivity contribution < 1.29 is 21.9 Å². The number of hydrogen-bond acceptors (Lipinski definition) is 4. The first-order chi connectivity index (χ1) is 7.29. The van der Waals surface area contributed by atoms with Crippen LogP contribution in [0.2, 0.25) is 0 Å². The highest BCUT2D eigenvalue weighted by atomic mass is 79.9. The zero-order valence-corrected chi connectivity index (χ0v) is 10.3. The highest BCUT2D eigenvalue weighted by molar-refractivity contribution is 9.10. The Morgan fingerprint density at radius 1 is 1.56 bits per heavy atom. The van der Waals surface area contributed by atoms with Crippen LogP contribution in [0.5, 0.6) is 5.75 Å². The van der Waals surface area contributed by atoms with Gasteiger partial charge >= 0.3 is 0 Å². The van der Waals surface area contributed by atoms with Gasteiger partial charge in [0.05, 0.1) is 17.8 Å². The van der Waals surface area contributed by atoms with Crippen LogP contribution in [0.4, 0.5) is 8.78 Å². The third-order valence-electron chi connectivity index (χ3n) is 1.68. The summed E-state index contributed by atoms with van der Waals surface area (Å²) in [7, 11) is -3.00. The number of alkyl halides is 2. The van der Waals surface area contributed by atoms with E-state index in [1.54, 1.807) is 0 Å². The van der Waals surface area contributed by atoms with Crippen LogP contribution in [0.25, 0.3) is 0 Å². The Kier molecular flexibility index (Phi) is 3.81. The normalized spacial score (nSPS) is 11.9. The van der Waals surface area contributed by atoms with Gasteiger partial charge in [-0.1, -0.05) is 0 Å². The number of halogens is 3. The number of aromatic nitrogens is 1. The van der Waals surface area contributed by atoms with Crippen LogP contribution in [-0.2, 0) is 10.0 Å². The molecule has 0 aliphatic carbocycles. The van der Waals surface area contributed by atoms with E-state index < -0.39 is 27.0 Å². The summed E-state index contributed by atoms with van der Waals surface area (Å²) in [6.07, 6.45) is -2.03. The number of methoxy groups -OCH3 is 1. The molecule has 0 saturated carbocycles. The molecule has 1 rings (SSSR count). The highest BCUT2D eigenvalue weighted by Crippen LogP contribution is 2.35. The predicted molar refractivity (Wildman–Crippen MR) is 54.8 cm³/mol. The van der Waals surface area contributed by atoms with E-state index in [0.29, 0.717) is 0 Å². The van der Waals surface area contributed by atoms with Crippen LogP contribution in [0.3, 0.4) is 0 Å². The van der Waals surface area contributed by atoms with Gasteiger partial charge in [0.1, 0.15) is 10.6 Å². The van der Waals surface area contributed by atoms with Gasteiger partial charge in [0.2, 0.25) is 10.0 Å². The van der Waals surface area contributed by atoms with E-state index in [0.717, 1.165) is 6.20 Å². The average molecular weight is 317 g/mol. The Labute approximate surface area is 98.8 Å². The van der Waals surface area contributed by atoms with Crippen LogP contribution in [0, 0.1) is 0 Å². The first kappa shape index (κ1) is 13.3. The van der Waals surface area contributed by atoms with Gasteiger partial charge in [-0.15, -0.1) is 0 Å². The maximum absolute atomic E-state index is 12.5. The second kappa shape index (κ2) is 4.60. The summed E-state index contributed by atoms with van der Waals surface area (Å²) in [6.45, 7) is 0. The molecule has 0 spiro atoms. The van der Waals surface area contributed by atoms with E-state index in [9.17, 15) is 17.2 Å². The fourth-order valence-corrected chi connectivity index (χ4v) is 2.95. The minimum absolute atomic E-state index is 0.196.